The monoisotopic (exact) mass is 249 g/mol. The Labute approximate surface area is 106 Å². The zero-order chi connectivity index (χ0) is 12.4. The maximum atomic E-state index is 11.9. The minimum atomic E-state index is 0.117. The van der Waals surface area contributed by atoms with E-state index in [1.807, 2.05) is 48.9 Å². The Morgan fingerprint density at radius 1 is 1.41 bits per heavy atom. The van der Waals surface area contributed by atoms with Crippen molar-refractivity contribution in [3.8, 4) is 0 Å². The highest BCUT2D eigenvalue weighted by molar-refractivity contribution is 6.31. The highest BCUT2D eigenvalue weighted by atomic mass is 35.5. The van der Waals surface area contributed by atoms with Crippen LogP contribution in [0.5, 0.6) is 0 Å². The zero-order valence-corrected chi connectivity index (χ0v) is 10.9. The molecule has 2 nitrogen and oxygen atoms in total. The van der Waals surface area contributed by atoms with E-state index in [9.17, 15) is 4.79 Å². The second-order valence-electron chi connectivity index (χ2n) is 4.42. The number of ketones is 1. The third kappa shape index (κ3) is 2.52. The lowest BCUT2D eigenvalue weighted by atomic mass is 10.0. The topological polar surface area (TPSA) is 22.0 Å². The zero-order valence-electron chi connectivity index (χ0n) is 10.1. The first-order valence-corrected chi connectivity index (χ1v) is 6.26. The molecule has 0 saturated carbocycles. The van der Waals surface area contributed by atoms with Crippen LogP contribution in [0.1, 0.15) is 20.3 Å². The van der Waals surface area contributed by atoms with Gasteiger partial charge in [-0.2, -0.15) is 0 Å². The molecule has 17 heavy (non-hydrogen) atoms. The van der Waals surface area contributed by atoms with E-state index in [-0.39, 0.29) is 11.7 Å². The summed E-state index contributed by atoms with van der Waals surface area (Å²) >= 11 is 5.98. The molecule has 0 aliphatic carbocycles. The fraction of sp³-hybridized carbons (Fsp3) is 0.357. The maximum absolute atomic E-state index is 11.9. The van der Waals surface area contributed by atoms with Crippen LogP contribution in [-0.2, 0) is 11.3 Å². The second kappa shape index (κ2) is 4.92. The number of hydrogen-bond acceptors (Lipinski definition) is 1. The molecule has 3 heteroatoms. The average molecular weight is 250 g/mol. The molecule has 1 heterocycles. The Kier molecular flexibility index (Phi) is 3.53. The smallest absolute Gasteiger partial charge is 0.155 e. The molecule has 2 aromatic rings. The van der Waals surface area contributed by atoms with E-state index >= 15 is 0 Å². The van der Waals surface area contributed by atoms with Crippen molar-refractivity contribution < 1.29 is 4.79 Å². The Hall–Kier alpha value is -1.28. The van der Waals surface area contributed by atoms with E-state index in [4.69, 9.17) is 11.6 Å². The molecular weight excluding hydrogens is 234 g/mol. The third-order valence-corrected chi connectivity index (χ3v) is 3.46. The molecule has 90 valence electrons. The van der Waals surface area contributed by atoms with E-state index in [2.05, 4.69) is 0 Å². The highest BCUT2D eigenvalue weighted by Gasteiger charge is 2.12. The molecule has 0 spiro atoms. The van der Waals surface area contributed by atoms with Gasteiger partial charge < -0.3 is 4.57 Å². The Bertz CT molecular complexity index is 544. The van der Waals surface area contributed by atoms with Gasteiger partial charge in [-0.1, -0.05) is 31.5 Å². The number of Topliss-reactive ketones (excluding diaryl/α,β-unsaturated/α-hetero) is 1. The van der Waals surface area contributed by atoms with Crippen LogP contribution in [0.15, 0.2) is 30.5 Å². The van der Waals surface area contributed by atoms with Crippen LogP contribution < -0.4 is 0 Å². The standard InChI is InChI=1S/C14H16ClNO/c1-3-10(2)14(17)9-16-7-6-11-4-5-12(15)8-13(11)16/h4-8,10H,3,9H2,1-2H3. The lowest BCUT2D eigenvalue weighted by Crippen LogP contribution is -2.16. The van der Waals surface area contributed by atoms with Gasteiger partial charge in [0.1, 0.15) is 0 Å². The summed E-state index contributed by atoms with van der Waals surface area (Å²) in [7, 11) is 0. The third-order valence-electron chi connectivity index (χ3n) is 3.22. The summed E-state index contributed by atoms with van der Waals surface area (Å²) in [5.41, 5.74) is 1.02. The predicted octanol–water partition coefficient (Wildman–Crippen LogP) is 3.91. The number of carbonyl (C=O) groups is 1. The van der Waals surface area contributed by atoms with Crippen LogP contribution in [-0.4, -0.2) is 10.4 Å². The molecule has 0 saturated heterocycles. The van der Waals surface area contributed by atoms with Gasteiger partial charge in [-0.3, -0.25) is 4.79 Å². The summed E-state index contributed by atoms with van der Waals surface area (Å²) in [6.45, 7) is 4.44. The quantitative estimate of drug-likeness (QED) is 0.805. The van der Waals surface area contributed by atoms with Crippen LogP contribution >= 0.6 is 11.6 Å². The molecule has 1 atom stereocenters. The van der Waals surface area contributed by atoms with Gasteiger partial charge in [0.2, 0.25) is 0 Å². The van der Waals surface area contributed by atoms with E-state index < -0.39 is 0 Å². The van der Waals surface area contributed by atoms with Crippen molar-refractivity contribution in [3.05, 3.63) is 35.5 Å². The van der Waals surface area contributed by atoms with E-state index in [0.29, 0.717) is 11.6 Å². The van der Waals surface area contributed by atoms with Crippen molar-refractivity contribution in [2.45, 2.75) is 26.8 Å². The minimum Gasteiger partial charge on any atom is -0.340 e. The number of nitrogens with zero attached hydrogens (tertiary/aromatic N) is 1. The number of aromatic nitrogens is 1. The first-order chi connectivity index (χ1) is 8.11. The second-order valence-corrected chi connectivity index (χ2v) is 4.86. The first-order valence-electron chi connectivity index (χ1n) is 5.89. The van der Waals surface area contributed by atoms with Crippen molar-refractivity contribution in [2.75, 3.05) is 0 Å². The first kappa shape index (κ1) is 12.2. The van der Waals surface area contributed by atoms with Crippen molar-refractivity contribution in [1.82, 2.24) is 4.57 Å². The van der Waals surface area contributed by atoms with Crippen molar-refractivity contribution in [1.29, 1.82) is 0 Å². The number of rotatable bonds is 4. The van der Waals surface area contributed by atoms with Gasteiger partial charge in [-0.15, -0.1) is 0 Å². The molecule has 0 amide bonds. The summed E-state index contributed by atoms with van der Waals surface area (Å²) in [5, 5.41) is 1.82. The van der Waals surface area contributed by atoms with Gasteiger partial charge in [0, 0.05) is 22.7 Å². The van der Waals surface area contributed by atoms with E-state index in [0.717, 1.165) is 17.3 Å². The van der Waals surface area contributed by atoms with Crippen LogP contribution in [0.3, 0.4) is 0 Å². The van der Waals surface area contributed by atoms with Gasteiger partial charge in [-0.25, -0.2) is 0 Å². The Morgan fingerprint density at radius 2 is 2.18 bits per heavy atom. The lowest BCUT2D eigenvalue weighted by Gasteiger charge is -2.09. The highest BCUT2D eigenvalue weighted by Crippen LogP contribution is 2.21. The molecule has 1 unspecified atom stereocenters. The van der Waals surface area contributed by atoms with Crippen LogP contribution in [0.2, 0.25) is 5.02 Å². The van der Waals surface area contributed by atoms with Crippen molar-refractivity contribution >= 4 is 28.3 Å². The van der Waals surface area contributed by atoms with Gasteiger partial charge in [0.05, 0.1) is 6.54 Å². The average Bonchev–Trinajstić information content (AvgIpc) is 2.71. The molecule has 0 aliphatic rings. The van der Waals surface area contributed by atoms with Gasteiger partial charge >= 0.3 is 0 Å². The molecule has 2 rings (SSSR count). The van der Waals surface area contributed by atoms with Crippen LogP contribution in [0.4, 0.5) is 0 Å². The summed E-state index contributed by atoms with van der Waals surface area (Å²) in [4.78, 5) is 11.9. The molecule has 0 radical (unpaired) electrons. The summed E-state index contributed by atoms with van der Waals surface area (Å²) in [6.07, 6.45) is 2.83. The van der Waals surface area contributed by atoms with Gasteiger partial charge in [0.15, 0.2) is 5.78 Å². The number of carbonyl (C=O) groups excluding carboxylic acids is 1. The largest absolute Gasteiger partial charge is 0.340 e. The summed E-state index contributed by atoms with van der Waals surface area (Å²) in [5.74, 6) is 0.386. The normalized spacial score (nSPS) is 12.9. The molecular formula is C14H16ClNO. The number of halogens is 1. The Balaban J connectivity index is 2.30. The molecule has 0 N–H and O–H groups in total. The maximum Gasteiger partial charge on any atom is 0.155 e. The lowest BCUT2D eigenvalue weighted by molar-refractivity contribution is -0.122. The predicted molar refractivity (Wildman–Crippen MR) is 71.4 cm³/mol. The van der Waals surface area contributed by atoms with Gasteiger partial charge in [-0.05, 0) is 30.0 Å². The molecule has 0 aliphatic heterocycles. The van der Waals surface area contributed by atoms with E-state index in [1.54, 1.807) is 0 Å². The van der Waals surface area contributed by atoms with Crippen LogP contribution in [0, 0.1) is 5.92 Å². The SMILES string of the molecule is CCC(C)C(=O)Cn1ccc2ccc(Cl)cc21. The van der Waals surface area contributed by atoms with Gasteiger partial charge in [0.25, 0.3) is 0 Å². The van der Waals surface area contributed by atoms with Crippen molar-refractivity contribution in [2.24, 2.45) is 5.92 Å². The fourth-order valence-electron chi connectivity index (χ4n) is 1.85. The number of hydrogen-bond donors (Lipinski definition) is 0. The molecule has 1 aromatic heterocycles. The van der Waals surface area contributed by atoms with Crippen molar-refractivity contribution in [3.63, 3.8) is 0 Å². The molecule has 1 aromatic carbocycles. The summed E-state index contributed by atoms with van der Waals surface area (Å²) in [6, 6.07) is 7.75. The fourth-order valence-corrected chi connectivity index (χ4v) is 2.01. The minimum absolute atomic E-state index is 0.117. The number of fused-ring (bicyclic) bond motifs is 1. The molecule has 0 fully saturated rings. The van der Waals surface area contributed by atoms with E-state index in [1.165, 1.54) is 0 Å². The molecule has 0 bridgehead atoms. The number of benzene rings is 1. The Morgan fingerprint density at radius 3 is 2.88 bits per heavy atom. The van der Waals surface area contributed by atoms with Crippen LogP contribution in [0.25, 0.3) is 10.9 Å². The summed E-state index contributed by atoms with van der Waals surface area (Å²) < 4.78 is 1.97.